The molecule has 146 valence electrons. The number of hydrogen-bond donors (Lipinski definition) is 0. The van der Waals surface area contributed by atoms with E-state index < -0.39 is 0 Å². The van der Waals surface area contributed by atoms with Crippen LogP contribution >= 0.6 is 11.3 Å². The van der Waals surface area contributed by atoms with Gasteiger partial charge in [0.1, 0.15) is 5.82 Å². The number of nitrogens with zero attached hydrogens (tertiary/aromatic N) is 4. The number of carbonyl (C=O) groups is 1. The molecular weight excluding hydrogens is 368 g/mol. The first kappa shape index (κ1) is 17.9. The fourth-order valence-corrected chi connectivity index (χ4v) is 6.06. The summed E-state index contributed by atoms with van der Waals surface area (Å²) < 4.78 is 2.08. The highest BCUT2D eigenvalue weighted by Crippen LogP contribution is 2.44. The van der Waals surface area contributed by atoms with Crippen molar-refractivity contribution < 1.29 is 4.79 Å². The Bertz CT molecular complexity index is 958. The third-order valence-electron chi connectivity index (χ3n) is 6.52. The number of fused-ring (bicyclic) bond motifs is 1. The molecule has 0 aromatic carbocycles. The lowest BCUT2D eigenvalue weighted by Gasteiger charge is -2.42. The molecule has 2 aliphatic rings. The molecule has 5 rings (SSSR count). The Balaban J connectivity index is 1.43. The maximum Gasteiger partial charge on any atom is 0.234 e. The number of pyridine rings is 1. The monoisotopic (exact) mass is 394 g/mol. The normalized spacial score (nSPS) is 22.4. The molecule has 6 heteroatoms. The number of likely N-dealkylation sites (tertiary alicyclic amines) is 1. The van der Waals surface area contributed by atoms with E-state index in [-0.39, 0.29) is 11.3 Å². The van der Waals surface area contributed by atoms with Crippen LogP contribution in [0.4, 0.5) is 0 Å². The van der Waals surface area contributed by atoms with Crippen molar-refractivity contribution in [3.63, 3.8) is 0 Å². The van der Waals surface area contributed by atoms with Gasteiger partial charge in [-0.2, -0.15) is 0 Å². The van der Waals surface area contributed by atoms with Crippen LogP contribution in [0.1, 0.15) is 61.6 Å². The molecule has 1 saturated heterocycles. The SMILES string of the molecule is O=C(N1CCCC(c2nnc3ccccn23)C1)C1(c2cccs2)CCCCC1. The van der Waals surface area contributed by atoms with E-state index >= 15 is 0 Å². The number of carbonyl (C=O) groups excluding carboxylic acids is 1. The van der Waals surface area contributed by atoms with E-state index in [1.165, 1.54) is 11.3 Å². The molecule has 1 unspecified atom stereocenters. The minimum atomic E-state index is -0.304. The molecule has 0 spiro atoms. The summed E-state index contributed by atoms with van der Waals surface area (Å²) in [6, 6.07) is 10.2. The van der Waals surface area contributed by atoms with Gasteiger partial charge in [-0.1, -0.05) is 31.4 Å². The summed E-state index contributed by atoms with van der Waals surface area (Å²) in [6.07, 6.45) is 9.63. The molecule has 5 nitrogen and oxygen atoms in total. The zero-order chi connectivity index (χ0) is 19.0. The summed E-state index contributed by atoms with van der Waals surface area (Å²) in [4.78, 5) is 17.2. The van der Waals surface area contributed by atoms with Crippen LogP contribution in [0, 0.1) is 0 Å². The quantitative estimate of drug-likeness (QED) is 0.662. The van der Waals surface area contributed by atoms with Crippen molar-refractivity contribution in [2.45, 2.75) is 56.3 Å². The molecule has 28 heavy (non-hydrogen) atoms. The van der Waals surface area contributed by atoms with E-state index in [1.54, 1.807) is 11.3 Å². The average molecular weight is 395 g/mol. The van der Waals surface area contributed by atoms with Crippen LogP contribution in [-0.4, -0.2) is 38.5 Å². The van der Waals surface area contributed by atoms with Crippen LogP contribution in [0.25, 0.3) is 5.65 Å². The van der Waals surface area contributed by atoms with Crippen molar-refractivity contribution in [3.8, 4) is 0 Å². The van der Waals surface area contributed by atoms with Gasteiger partial charge in [0.15, 0.2) is 5.65 Å². The Kier molecular flexibility index (Phi) is 4.67. The predicted molar refractivity (Wildman–Crippen MR) is 111 cm³/mol. The number of amides is 1. The molecular formula is C22H26N4OS. The van der Waals surface area contributed by atoms with Crippen molar-refractivity contribution in [1.29, 1.82) is 0 Å². The molecule has 3 aromatic rings. The third-order valence-corrected chi connectivity index (χ3v) is 7.60. The van der Waals surface area contributed by atoms with Gasteiger partial charge in [0.2, 0.25) is 5.91 Å². The Labute approximate surface area is 169 Å². The molecule has 0 N–H and O–H groups in total. The molecule has 3 aromatic heterocycles. The van der Waals surface area contributed by atoms with E-state index in [1.807, 2.05) is 24.4 Å². The molecule has 0 radical (unpaired) electrons. The van der Waals surface area contributed by atoms with E-state index in [0.29, 0.717) is 5.91 Å². The van der Waals surface area contributed by atoms with Gasteiger partial charge in [-0.3, -0.25) is 9.20 Å². The predicted octanol–water partition coefficient (Wildman–Crippen LogP) is 4.40. The van der Waals surface area contributed by atoms with E-state index in [4.69, 9.17) is 0 Å². The summed E-state index contributed by atoms with van der Waals surface area (Å²) in [7, 11) is 0. The van der Waals surface area contributed by atoms with Gasteiger partial charge in [-0.05, 0) is 49.3 Å². The average Bonchev–Trinajstić information content (AvgIpc) is 3.44. The highest BCUT2D eigenvalue weighted by molar-refractivity contribution is 7.10. The van der Waals surface area contributed by atoms with Crippen molar-refractivity contribution in [2.75, 3.05) is 13.1 Å². The second-order valence-corrected chi connectivity index (χ2v) is 9.15. The Morgan fingerprint density at radius 2 is 1.96 bits per heavy atom. The van der Waals surface area contributed by atoms with E-state index in [0.717, 1.165) is 63.1 Å². The molecule has 1 atom stereocenters. The number of aromatic nitrogens is 3. The zero-order valence-electron chi connectivity index (χ0n) is 16.1. The Morgan fingerprint density at radius 3 is 2.79 bits per heavy atom. The number of rotatable bonds is 3. The summed E-state index contributed by atoms with van der Waals surface area (Å²) in [5.74, 6) is 1.58. The first-order valence-electron chi connectivity index (χ1n) is 10.4. The summed E-state index contributed by atoms with van der Waals surface area (Å²) in [6.45, 7) is 1.61. The van der Waals surface area contributed by atoms with Crippen LogP contribution in [0.15, 0.2) is 41.9 Å². The molecule has 4 heterocycles. The highest BCUT2D eigenvalue weighted by atomic mass is 32.1. The molecule has 1 saturated carbocycles. The van der Waals surface area contributed by atoms with Gasteiger partial charge in [0, 0.05) is 30.1 Å². The molecule has 1 amide bonds. The van der Waals surface area contributed by atoms with E-state index in [2.05, 4.69) is 37.0 Å². The number of thiophene rings is 1. The smallest absolute Gasteiger partial charge is 0.234 e. The summed E-state index contributed by atoms with van der Waals surface area (Å²) in [5.41, 5.74) is 0.574. The van der Waals surface area contributed by atoms with Gasteiger partial charge in [-0.15, -0.1) is 21.5 Å². The number of piperidine rings is 1. The van der Waals surface area contributed by atoms with Gasteiger partial charge in [0.05, 0.1) is 5.41 Å². The van der Waals surface area contributed by atoms with Crippen molar-refractivity contribution in [1.82, 2.24) is 19.5 Å². The van der Waals surface area contributed by atoms with Gasteiger partial charge < -0.3 is 4.90 Å². The fourth-order valence-electron chi connectivity index (χ4n) is 5.09. The lowest BCUT2D eigenvalue weighted by molar-refractivity contribution is -0.140. The molecule has 1 aliphatic heterocycles. The lowest BCUT2D eigenvalue weighted by Crippen LogP contribution is -2.50. The van der Waals surface area contributed by atoms with Crippen molar-refractivity contribution in [2.24, 2.45) is 0 Å². The van der Waals surface area contributed by atoms with Gasteiger partial charge in [0.25, 0.3) is 0 Å². The minimum Gasteiger partial charge on any atom is -0.341 e. The molecule has 1 aliphatic carbocycles. The van der Waals surface area contributed by atoms with Crippen molar-refractivity contribution >= 4 is 22.9 Å². The van der Waals surface area contributed by atoms with Crippen molar-refractivity contribution in [3.05, 3.63) is 52.6 Å². The van der Waals surface area contributed by atoms with Crippen LogP contribution < -0.4 is 0 Å². The molecule has 0 bridgehead atoms. The Morgan fingerprint density at radius 1 is 1.07 bits per heavy atom. The highest BCUT2D eigenvalue weighted by Gasteiger charge is 2.45. The minimum absolute atomic E-state index is 0.249. The standard InChI is InChI=1S/C22H26N4OS/c27-21(22(11-3-1-4-12-22)18-9-7-15-28-18)25-13-6-8-17(16-25)20-24-23-19-10-2-5-14-26(19)20/h2,5,7,9-10,14-15,17H,1,3-4,6,8,11-13,16H2. The van der Waals surface area contributed by atoms with Crippen LogP contribution in [-0.2, 0) is 10.2 Å². The van der Waals surface area contributed by atoms with Crippen LogP contribution in [0.2, 0.25) is 0 Å². The topological polar surface area (TPSA) is 50.5 Å². The van der Waals surface area contributed by atoms with Crippen LogP contribution in [0.3, 0.4) is 0 Å². The van der Waals surface area contributed by atoms with E-state index in [9.17, 15) is 4.79 Å². The Hall–Kier alpha value is -2.21. The fraction of sp³-hybridized carbons (Fsp3) is 0.500. The second-order valence-electron chi connectivity index (χ2n) is 8.20. The maximum absolute atomic E-state index is 13.8. The third kappa shape index (κ3) is 2.94. The zero-order valence-corrected chi connectivity index (χ0v) is 16.9. The lowest BCUT2D eigenvalue weighted by atomic mass is 9.71. The summed E-state index contributed by atoms with van der Waals surface area (Å²) >= 11 is 1.75. The van der Waals surface area contributed by atoms with Gasteiger partial charge >= 0.3 is 0 Å². The van der Waals surface area contributed by atoms with Crippen LogP contribution in [0.5, 0.6) is 0 Å². The maximum atomic E-state index is 13.8. The second kappa shape index (κ2) is 7.32. The number of hydrogen-bond acceptors (Lipinski definition) is 4. The molecule has 2 fully saturated rings. The first-order chi connectivity index (χ1) is 13.8. The summed E-state index contributed by atoms with van der Waals surface area (Å²) in [5, 5.41) is 10.9. The first-order valence-corrected chi connectivity index (χ1v) is 11.3. The largest absolute Gasteiger partial charge is 0.341 e. The van der Waals surface area contributed by atoms with Gasteiger partial charge in [-0.25, -0.2) is 0 Å².